The van der Waals surface area contributed by atoms with Gasteiger partial charge in [-0.05, 0) is 0 Å². The van der Waals surface area contributed by atoms with Crippen molar-refractivity contribution in [3.63, 3.8) is 0 Å². The standard InChI is InChI=1S/La.Li.Mn.3O/q+3;+1;+2;3*-2. The average Bonchev–Trinajstić information content (AvgIpc) is 0. The predicted molar refractivity (Wildman–Crippen MR) is 2.06 cm³/mol. The fourth-order valence-corrected chi connectivity index (χ4v) is 0. The molecule has 0 aliphatic rings. The van der Waals surface area contributed by atoms with Crippen molar-refractivity contribution in [2.24, 2.45) is 0 Å². The van der Waals surface area contributed by atoms with E-state index in [1.807, 2.05) is 0 Å². The monoisotopic (exact) mass is 249 g/mol. The second kappa shape index (κ2) is 57.4. The summed E-state index contributed by atoms with van der Waals surface area (Å²) in [6.07, 6.45) is 0. The van der Waals surface area contributed by atoms with Gasteiger partial charge in [-0.1, -0.05) is 0 Å². The molecule has 0 heterocycles. The molecule has 0 aromatic rings. The largest absolute Gasteiger partial charge is 3.00 e. The van der Waals surface area contributed by atoms with E-state index in [2.05, 4.69) is 0 Å². The van der Waals surface area contributed by atoms with Crippen molar-refractivity contribution in [1.29, 1.82) is 0 Å². The van der Waals surface area contributed by atoms with Gasteiger partial charge in [-0.3, -0.25) is 0 Å². The molecule has 0 bridgehead atoms. The van der Waals surface area contributed by atoms with Gasteiger partial charge in [-0.15, -0.1) is 0 Å². The Labute approximate surface area is 86.8 Å². The van der Waals surface area contributed by atoms with Gasteiger partial charge >= 0.3 is 71.5 Å². The minimum atomic E-state index is 0. The van der Waals surface area contributed by atoms with Crippen molar-refractivity contribution in [3.8, 4) is 0 Å². The minimum absolute atomic E-state index is 0. The van der Waals surface area contributed by atoms with Crippen LogP contribution in [0.5, 0.6) is 0 Å². The Balaban J connectivity index is 0. The van der Waals surface area contributed by atoms with E-state index in [9.17, 15) is 0 Å². The zero-order chi connectivity index (χ0) is 0. The molecule has 0 amide bonds. The van der Waals surface area contributed by atoms with Crippen molar-refractivity contribution in [1.82, 2.24) is 0 Å². The van der Waals surface area contributed by atoms with Crippen LogP contribution in [-0.2, 0) is 33.5 Å². The van der Waals surface area contributed by atoms with Crippen LogP contribution in [0.3, 0.4) is 0 Å². The minimum Gasteiger partial charge on any atom is -2.00 e. The van der Waals surface area contributed by atoms with Gasteiger partial charge in [0, 0.05) is 0 Å². The van der Waals surface area contributed by atoms with Crippen LogP contribution in [0, 0.1) is 35.6 Å². The molecule has 29 valence electrons. The molecule has 0 rings (SSSR count). The fourth-order valence-electron chi connectivity index (χ4n) is 0. The summed E-state index contributed by atoms with van der Waals surface area (Å²) in [4.78, 5) is 0. The van der Waals surface area contributed by atoms with E-state index in [1.165, 1.54) is 0 Å². The van der Waals surface area contributed by atoms with Crippen LogP contribution < -0.4 is 18.9 Å². The average molecular weight is 249 g/mol. The molecule has 0 N–H and O–H groups in total. The molecule has 0 unspecified atom stereocenters. The number of hydrogen-bond donors (Lipinski definition) is 0. The first-order chi connectivity index (χ1) is 0. The van der Waals surface area contributed by atoms with E-state index >= 15 is 0 Å². The van der Waals surface area contributed by atoms with Gasteiger partial charge in [0.1, 0.15) is 0 Å². The molecule has 0 atom stereocenters. The summed E-state index contributed by atoms with van der Waals surface area (Å²) >= 11 is 0. The Morgan fingerprint density at radius 1 is 0.667 bits per heavy atom. The third kappa shape index (κ3) is 34.7. The third-order valence-corrected chi connectivity index (χ3v) is 0. The van der Waals surface area contributed by atoms with Gasteiger partial charge < -0.3 is 16.4 Å². The summed E-state index contributed by atoms with van der Waals surface area (Å²) in [7, 11) is 0. The summed E-state index contributed by atoms with van der Waals surface area (Å²) in [5, 5.41) is 0. The molecule has 3 nitrogen and oxygen atoms in total. The molecule has 6 heavy (non-hydrogen) atoms. The van der Waals surface area contributed by atoms with Crippen molar-refractivity contribution >= 4 is 0 Å². The van der Waals surface area contributed by atoms with Crippen LogP contribution in [0.2, 0.25) is 0 Å². The molecule has 0 saturated heterocycles. The van der Waals surface area contributed by atoms with Crippen LogP contribution in [0.25, 0.3) is 0 Å². The fraction of sp³-hybridized carbons (Fsp3) is 0. The molecule has 0 aromatic carbocycles. The van der Waals surface area contributed by atoms with Crippen LogP contribution in [-0.4, -0.2) is 0 Å². The molecule has 0 aromatic heterocycles. The molecule has 0 fully saturated rings. The third-order valence-electron chi connectivity index (χ3n) is 0. The summed E-state index contributed by atoms with van der Waals surface area (Å²) in [5.41, 5.74) is 0. The molecule has 0 aliphatic carbocycles. The number of rotatable bonds is 0. The van der Waals surface area contributed by atoms with Crippen molar-refractivity contribution in [2.75, 3.05) is 0 Å². The van der Waals surface area contributed by atoms with Gasteiger partial charge in [0.15, 0.2) is 0 Å². The summed E-state index contributed by atoms with van der Waals surface area (Å²) in [6.45, 7) is 0. The second-order valence-corrected chi connectivity index (χ2v) is 0. The van der Waals surface area contributed by atoms with Crippen LogP contribution in [0.4, 0.5) is 0 Å². The maximum absolute atomic E-state index is 0. The zero-order valence-corrected chi connectivity index (χ0v) is 7.99. The molecule has 0 saturated carbocycles. The van der Waals surface area contributed by atoms with E-state index in [0.29, 0.717) is 0 Å². The Morgan fingerprint density at radius 3 is 0.667 bits per heavy atom. The molecular formula is LaLiMnO3. The van der Waals surface area contributed by atoms with Gasteiger partial charge in [0.2, 0.25) is 0 Å². The van der Waals surface area contributed by atoms with Gasteiger partial charge in [0.25, 0.3) is 0 Å². The van der Waals surface area contributed by atoms with Crippen molar-refractivity contribution in [3.05, 3.63) is 0 Å². The van der Waals surface area contributed by atoms with E-state index in [1.54, 1.807) is 0 Å². The summed E-state index contributed by atoms with van der Waals surface area (Å²) in [6, 6.07) is 0. The Morgan fingerprint density at radius 2 is 0.667 bits per heavy atom. The van der Waals surface area contributed by atoms with E-state index in [4.69, 9.17) is 0 Å². The van der Waals surface area contributed by atoms with E-state index in [0.717, 1.165) is 0 Å². The topological polar surface area (TPSA) is 85.5 Å². The summed E-state index contributed by atoms with van der Waals surface area (Å²) < 4.78 is 0. The first-order valence-corrected chi connectivity index (χ1v) is 0. The predicted octanol–water partition coefficient (Wildman–Crippen LogP) is -3.35. The van der Waals surface area contributed by atoms with Crippen LogP contribution in [0.15, 0.2) is 0 Å². The van der Waals surface area contributed by atoms with Gasteiger partial charge in [-0.2, -0.15) is 0 Å². The van der Waals surface area contributed by atoms with E-state index in [-0.39, 0.29) is 88.0 Å². The normalized spacial score (nSPS) is 0. The smallest absolute Gasteiger partial charge is 2.00 e. The maximum Gasteiger partial charge on any atom is 3.00 e. The quantitative estimate of drug-likeness (QED) is 0.401. The van der Waals surface area contributed by atoms with E-state index < -0.39 is 0 Å². The van der Waals surface area contributed by atoms with Gasteiger partial charge in [-0.25, -0.2) is 0 Å². The Bertz CT molecular complexity index is 10.8. The molecule has 6 heteroatoms. The zero-order valence-electron chi connectivity index (χ0n) is 3.18. The maximum atomic E-state index is 0. The van der Waals surface area contributed by atoms with Crippen LogP contribution in [0.1, 0.15) is 0 Å². The summed E-state index contributed by atoms with van der Waals surface area (Å²) in [5.74, 6) is 0. The first kappa shape index (κ1) is 88.2. The van der Waals surface area contributed by atoms with Crippen LogP contribution >= 0.6 is 0 Å². The Hall–Kier alpha value is 2.19. The molecule has 0 aliphatic heterocycles. The molecular weight excluding hydrogens is 249 g/mol. The molecule has 1 radical (unpaired) electrons. The second-order valence-electron chi connectivity index (χ2n) is 0. The Kier molecular flexibility index (Phi) is 844. The van der Waals surface area contributed by atoms with Gasteiger partial charge in [0.05, 0.1) is 0 Å². The SMILES string of the molecule is [La+3].[Li+].[Mn+2].[O-2].[O-2].[O-2]. The number of hydrogen-bond acceptors (Lipinski definition) is 0. The van der Waals surface area contributed by atoms with Crippen molar-refractivity contribution < 1.29 is 88.0 Å². The first-order valence-electron chi connectivity index (χ1n) is 0. The van der Waals surface area contributed by atoms with Crippen molar-refractivity contribution in [2.45, 2.75) is 0 Å². The molecule has 0 spiro atoms.